The number of thioether (sulfide) groups is 1. The molecule has 6 nitrogen and oxygen atoms in total. The first-order valence-corrected chi connectivity index (χ1v) is 9.11. The molecule has 4 aromatic rings. The van der Waals surface area contributed by atoms with Gasteiger partial charge in [0, 0.05) is 11.3 Å². The molecule has 0 amide bonds. The maximum Gasteiger partial charge on any atom is 0.277 e. The molecule has 0 aliphatic heterocycles. The monoisotopic (exact) mass is 367 g/mol. The first-order valence-electron chi connectivity index (χ1n) is 8.13. The molecular formula is C19H17N3O3S. The van der Waals surface area contributed by atoms with Crippen molar-refractivity contribution >= 4 is 11.8 Å². The van der Waals surface area contributed by atoms with E-state index in [1.54, 1.807) is 12.5 Å². The van der Waals surface area contributed by atoms with Crippen LogP contribution in [-0.4, -0.2) is 15.2 Å². The first kappa shape index (κ1) is 16.7. The first-order chi connectivity index (χ1) is 12.6. The van der Waals surface area contributed by atoms with Crippen molar-refractivity contribution in [1.29, 1.82) is 0 Å². The number of aromatic nitrogens is 3. The van der Waals surface area contributed by atoms with Gasteiger partial charge in [0.2, 0.25) is 5.89 Å². The van der Waals surface area contributed by atoms with Gasteiger partial charge in [-0.15, -0.1) is 10.2 Å². The molecule has 7 heteroatoms. The van der Waals surface area contributed by atoms with Crippen molar-refractivity contribution in [1.82, 2.24) is 15.2 Å². The lowest BCUT2D eigenvalue weighted by molar-refractivity contribution is 0.463. The van der Waals surface area contributed by atoms with Crippen LogP contribution >= 0.6 is 11.8 Å². The third-order valence-corrected chi connectivity index (χ3v) is 4.86. The molecule has 4 rings (SSSR count). The summed E-state index contributed by atoms with van der Waals surface area (Å²) in [4.78, 5) is 4.56. The Morgan fingerprint density at radius 2 is 1.85 bits per heavy atom. The second-order valence-corrected chi connectivity index (χ2v) is 6.94. The smallest absolute Gasteiger partial charge is 0.277 e. The molecule has 132 valence electrons. The molecule has 3 aromatic heterocycles. The van der Waals surface area contributed by atoms with Crippen molar-refractivity contribution in [2.75, 3.05) is 0 Å². The van der Waals surface area contributed by atoms with Gasteiger partial charge in [0.25, 0.3) is 11.1 Å². The van der Waals surface area contributed by atoms with E-state index in [2.05, 4.69) is 41.2 Å². The fourth-order valence-electron chi connectivity index (χ4n) is 2.67. The number of oxazole rings is 1. The van der Waals surface area contributed by atoms with Gasteiger partial charge in [-0.05, 0) is 38.5 Å². The highest BCUT2D eigenvalue weighted by molar-refractivity contribution is 7.98. The molecule has 0 saturated carbocycles. The fourth-order valence-corrected chi connectivity index (χ4v) is 3.31. The number of benzene rings is 1. The lowest BCUT2D eigenvalue weighted by Gasteiger charge is -2.02. The van der Waals surface area contributed by atoms with Crippen LogP contribution in [0.25, 0.3) is 22.9 Å². The third kappa shape index (κ3) is 3.30. The van der Waals surface area contributed by atoms with E-state index in [9.17, 15) is 0 Å². The van der Waals surface area contributed by atoms with Crippen LogP contribution in [0.5, 0.6) is 0 Å². The van der Waals surface area contributed by atoms with Gasteiger partial charge in [-0.1, -0.05) is 29.5 Å². The Bertz CT molecular complexity index is 1050. The van der Waals surface area contributed by atoms with Gasteiger partial charge in [-0.3, -0.25) is 0 Å². The predicted molar refractivity (Wildman–Crippen MR) is 97.7 cm³/mol. The number of furan rings is 1. The van der Waals surface area contributed by atoms with Crippen LogP contribution in [0, 0.1) is 20.8 Å². The summed E-state index contributed by atoms with van der Waals surface area (Å²) in [5.74, 6) is 2.41. The molecule has 0 saturated heterocycles. The zero-order valence-electron chi connectivity index (χ0n) is 14.6. The van der Waals surface area contributed by atoms with Crippen molar-refractivity contribution in [3.63, 3.8) is 0 Å². The SMILES string of the molecule is Cc1ccc(-c2nc(CSc3nnc(-c4ccoc4C)o3)co2)c(C)c1. The molecule has 26 heavy (non-hydrogen) atoms. The van der Waals surface area contributed by atoms with E-state index in [1.807, 2.05) is 19.1 Å². The molecule has 0 spiro atoms. The van der Waals surface area contributed by atoms with E-state index in [0.717, 1.165) is 28.1 Å². The summed E-state index contributed by atoms with van der Waals surface area (Å²) in [6.07, 6.45) is 3.27. The minimum atomic E-state index is 0.454. The van der Waals surface area contributed by atoms with Gasteiger partial charge in [0.05, 0.1) is 17.5 Å². The molecule has 0 aliphatic carbocycles. The summed E-state index contributed by atoms with van der Waals surface area (Å²) in [6, 6.07) is 8.01. The average Bonchev–Trinajstić information content (AvgIpc) is 3.33. The maximum atomic E-state index is 5.68. The van der Waals surface area contributed by atoms with Gasteiger partial charge in [0.15, 0.2) is 0 Å². The molecule has 0 unspecified atom stereocenters. The normalized spacial score (nSPS) is 11.2. The van der Waals surface area contributed by atoms with Crippen molar-refractivity contribution in [2.45, 2.75) is 31.7 Å². The molecule has 0 N–H and O–H groups in total. The van der Waals surface area contributed by atoms with Crippen LogP contribution < -0.4 is 0 Å². The Kier molecular flexibility index (Phi) is 4.38. The molecule has 0 fully saturated rings. The fraction of sp³-hybridized carbons (Fsp3) is 0.211. The minimum Gasteiger partial charge on any atom is -0.469 e. The van der Waals surface area contributed by atoms with E-state index in [-0.39, 0.29) is 0 Å². The predicted octanol–water partition coefficient (Wildman–Crippen LogP) is 5.20. The van der Waals surface area contributed by atoms with Crippen molar-refractivity contribution in [3.8, 4) is 22.9 Å². The van der Waals surface area contributed by atoms with Gasteiger partial charge in [-0.2, -0.15) is 0 Å². The van der Waals surface area contributed by atoms with Crippen molar-refractivity contribution < 1.29 is 13.3 Å². The Balaban J connectivity index is 1.45. The number of hydrogen-bond acceptors (Lipinski definition) is 7. The molecule has 0 radical (unpaired) electrons. The summed E-state index contributed by atoms with van der Waals surface area (Å²) in [5.41, 5.74) is 4.99. The topological polar surface area (TPSA) is 78.1 Å². The second kappa shape index (κ2) is 6.84. The molecular weight excluding hydrogens is 350 g/mol. The zero-order chi connectivity index (χ0) is 18.1. The maximum absolute atomic E-state index is 5.68. The van der Waals surface area contributed by atoms with Gasteiger partial charge < -0.3 is 13.3 Å². The standard InChI is InChI=1S/C19H17N3O3S/c1-11-4-5-15(12(2)8-11)17-20-14(9-24-17)10-26-19-22-21-18(25-19)16-6-7-23-13(16)3/h4-9H,10H2,1-3H3. The van der Waals surface area contributed by atoms with Gasteiger partial charge in [0.1, 0.15) is 12.0 Å². The average molecular weight is 367 g/mol. The minimum absolute atomic E-state index is 0.454. The van der Waals surface area contributed by atoms with Gasteiger partial charge in [-0.25, -0.2) is 4.98 Å². The van der Waals surface area contributed by atoms with Crippen LogP contribution in [0.4, 0.5) is 0 Å². The second-order valence-electron chi connectivity index (χ2n) is 6.01. The van der Waals surface area contributed by atoms with E-state index in [1.165, 1.54) is 17.3 Å². The summed E-state index contributed by atoms with van der Waals surface area (Å²) in [5, 5.41) is 8.61. The highest BCUT2D eigenvalue weighted by atomic mass is 32.2. The number of rotatable bonds is 5. The van der Waals surface area contributed by atoms with Crippen LogP contribution in [0.2, 0.25) is 0 Å². The van der Waals surface area contributed by atoms with E-state index < -0.39 is 0 Å². The summed E-state index contributed by atoms with van der Waals surface area (Å²) in [6.45, 7) is 5.98. The summed E-state index contributed by atoms with van der Waals surface area (Å²) < 4.78 is 16.6. The van der Waals surface area contributed by atoms with E-state index in [4.69, 9.17) is 13.3 Å². The Labute approximate surface area is 154 Å². The lowest BCUT2D eigenvalue weighted by Crippen LogP contribution is -1.86. The zero-order valence-corrected chi connectivity index (χ0v) is 15.5. The Hall–Kier alpha value is -2.80. The number of aryl methyl sites for hydroxylation is 3. The van der Waals surface area contributed by atoms with Crippen LogP contribution in [0.1, 0.15) is 22.6 Å². The van der Waals surface area contributed by atoms with Crippen LogP contribution in [-0.2, 0) is 5.75 Å². The quantitative estimate of drug-likeness (QED) is 0.448. The molecule has 0 atom stereocenters. The van der Waals surface area contributed by atoms with E-state index >= 15 is 0 Å². The highest BCUT2D eigenvalue weighted by Crippen LogP contribution is 2.29. The number of hydrogen-bond donors (Lipinski definition) is 0. The van der Waals surface area contributed by atoms with Crippen molar-refractivity contribution in [3.05, 3.63) is 59.4 Å². The largest absolute Gasteiger partial charge is 0.469 e. The molecule has 0 bridgehead atoms. The van der Waals surface area contributed by atoms with E-state index in [0.29, 0.717) is 22.8 Å². The third-order valence-electron chi connectivity index (χ3n) is 4.00. The van der Waals surface area contributed by atoms with Crippen molar-refractivity contribution in [2.24, 2.45) is 0 Å². The van der Waals surface area contributed by atoms with Crippen LogP contribution in [0.15, 0.2) is 55.3 Å². The summed E-state index contributed by atoms with van der Waals surface area (Å²) >= 11 is 1.42. The number of nitrogens with zero attached hydrogens (tertiary/aromatic N) is 3. The summed E-state index contributed by atoms with van der Waals surface area (Å²) in [7, 11) is 0. The lowest BCUT2D eigenvalue weighted by atomic mass is 10.1. The van der Waals surface area contributed by atoms with Gasteiger partial charge >= 0.3 is 0 Å². The Morgan fingerprint density at radius 3 is 2.62 bits per heavy atom. The Morgan fingerprint density at radius 1 is 0.962 bits per heavy atom. The van der Waals surface area contributed by atoms with Crippen LogP contribution in [0.3, 0.4) is 0 Å². The molecule has 1 aromatic carbocycles. The molecule has 3 heterocycles. The highest BCUT2D eigenvalue weighted by Gasteiger charge is 2.15. The molecule has 0 aliphatic rings.